The third-order valence-corrected chi connectivity index (χ3v) is 5.68. The molecule has 1 aromatic rings. The molecule has 2 nitrogen and oxygen atoms in total. The van der Waals surface area contributed by atoms with Crippen LogP contribution in [-0.2, 0) is 16.1 Å². The van der Waals surface area contributed by atoms with Gasteiger partial charge in [-0.05, 0) is 18.9 Å². The Morgan fingerprint density at radius 2 is 1.03 bits per heavy atom. The summed E-state index contributed by atoms with van der Waals surface area (Å²) in [5.41, 5.74) is 1.20. The molecule has 1 rings (SSSR count). The number of unbranched alkanes of at least 4 members (excludes halogenated alkanes) is 15. The Bertz CT molecular complexity index is 431. The zero-order valence-electron chi connectivity index (χ0n) is 19.5. The van der Waals surface area contributed by atoms with Crippen LogP contribution in [0.3, 0.4) is 0 Å². The van der Waals surface area contributed by atoms with Crippen molar-refractivity contribution in [1.82, 2.24) is 0 Å². The van der Waals surface area contributed by atoms with E-state index < -0.39 is 0 Å². The molecule has 0 fully saturated rings. The lowest BCUT2D eigenvalue weighted by Crippen LogP contribution is -2.13. The maximum atomic E-state index is 5.76. The van der Waals surface area contributed by atoms with E-state index in [9.17, 15) is 0 Å². The summed E-state index contributed by atoms with van der Waals surface area (Å²) in [6.07, 6.45) is 22.3. The summed E-state index contributed by atoms with van der Waals surface area (Å²) >= 11 is 0. The van der Waals surface area contributed by atoms with Crippen molar-refractivity contribution in [2.45, 2.75) is 129 Å². The Morgan fingerprint density at radius 1 is 0.586 bits per heavy atom. The fraction of sp³-hybridized carbons (Fsp3) is 0.778. The van der Waals surface area contributed by atoms with Crippen LogP contribution in [0, 0.1) is 0 Å². The Kier molecular flexibility index (Phi) is 18.4. The monoisotopic (exact) mass is 404 g/mol. The second-order valence-electron chi connectivity index (χ2n) is 8.54. The van der Waals surface area contributed by atoms with Crippen LogP contribution in [0.25, 0.3) is 0 Å². The van der Waals surface area contributed by atoms with Gasteiger partial charge >= 0.3 is 0 Å². The van der Waals surface area contributed by atoms with E-state index in [0.717, 1.165) is 13.0 Å². The lowest BCUT2D eigenvalue weighted by Gasteiger charge is -2.14. The molecule has 0 heterocycles. The van der Waals surface area contributed by atoms with Crippen LogP contribution in [0.15, 0.2) is 30.3 Å². The van der Waals surface area contributed by atoms with E-state index in [2.05, 4.69) is 19.1 Å². The third kappa shape index (κ3) is 17.7. The van der Waals surface area contributed by atoms with Gasteiger partial charge in [-0.15, -0.1) is 0 Å². The summed E-state index contributed by atoms with van der Waals surface area (Å²) in [5.74, 6) is 0. The first-order chi connectivity index (χ1) is 14.3. The molecule has 0 spiro atoms. The van der Waals surface area contributed by atoms with Crippen molar-refractivity contribution in [3.63, 3.8) is 0 Å². The summed E-state index contributed by atoms with van der Waals surface area (Å²) in [6, 6.07) is 10.3. The molecule has 0 bridgehead atoms. The summed E-state index contributed by atoms with van der Waals surface area (Å²) < 4.78 is 11.5. The van der Waals surface area contributed by atoms with Gasteiger partial charge in [0.25, 0.3) is 0 Å². The van der Waals surface area contributed by atoms with E-state index >= 15 is 0 Å². The van der Waals surface area contributed by atoms with Crippen LogP contribution >= 0.6 is 0 Å². The summed E-state index contributed by atoms with van der Waals surface area (Å²) in [4.78, 5) is 0. The van der Waals surface area contributed by atoms with Crippen LogP contribution in [-0.4, -0.2) is 12.9 Å². The van der Waals surface area contributed by atoms with Gasteiger partial charge in [0.15, 0.2) is 6.29 Å². The molecule has 29 heavy (non-hydrogen) atoms. The largest absolute Gasteiger partial charge is 0.353 e. The van der Waals surface area contributed by atoms with E-state index in [1.165, 1.54) is 102 Å². The summed E-state index contributed by atoms with van der Waals surface area (Å²) in [7, 11) is 0. The number of hydrogen-bond donors (Lipinski definition) is 0. The lowest BCUT2D eigenvalue weighted by atomic mass is 10.0. The lowest BCUT2D eigenvalue weighted by molar-refractivity contribution is -0.138. The van der Waals surface area contributed by atoms with E-state index in [0.29, 0.717) is 6.61 Å². The Morgan fingerprint density at radius 3 is 1.52 bits per heavy atom. The minimum atomic E-state index is -0.119. The number of benzene rings is 1. The van der Waals surface area contributed by atoms with Gasteiger partial charge in [-0.1, -0.05) is 134 Å². The normalized spacial score (nSPS) is 12.3. The minimum absolute atomic E-state index is 0.119. The molecule has 1 aromatic carbocycles. The maximum Gasteiger partial charge on any atom is 0.155 e. The molecular formula is C27H48O2. The molecule has 1 unspecified atom stereocenters. The van der Waals surface area contributed by atoms with Gasteiger partial charge in [-0.25, -0.2) is 0 Å². The zero-order chi connectivity index (χ0) is 20.8. The highest BCUT2D eigenvalue weighted by Gasteiger charge is 2.02. The smallest absolute Gasteiger partial charge is 0.155 e. The van der Waals surface area contributed by atoms with Crippen LogP contribution in [0.2, 0.25) is 0 Å². The van der Waals surface area contributed by atoms with Gasteiger partial charge in [0.05, 0.1) is 6.61 Å². The highest BCUT2D eigenvalue weighted by Crippen LogP contribution is 2.14. The van der Waals surface area contributed by atoms with Crippen molar-refractivity contribution in [3.05, 3.63) is 35.9 Å². The Labute approximate surface area is 181 Å². The summed E-state index contributed by atoms with van der Waals surface area (Å²) in [6.45, 7) is 5.73. The fourth-order valence-electron chi connectivity index (χ4n) is 3.74. The van der Waals surface area contributed by atoms with Crippen molar-refractivity contribution >= 4 is 0 Å². The predicted octanol–water partition coefficient (Wildman–Crippen LogP) is 8.83. The van der Waals surface area contributed by atoms with Crippen molar-refractivity contribution in [2.24, 2.45) is 0 Å². The summed E-state index contributed by atoms with van der Waals surface area (Å²) in [5, 5.41) is 0. The molecule has 0 N–H and O–H groups in total. The molecule has 0 aliphatic rings. The van der Waals surface area contributed by atoms with Crippen molar-refractivity contribution in [2.75, 3.05) is 6.61 Å². The van der Waals surface area contributed by atoms with Crippen LogP contribution in [0.1, 0.15) is 122 Å². The fourth-order valence-corrected chi connectivity index (χ4v) is 3.74. The van der Waals surface area contributed by atoms with E-state index in [4.69, 9.17) is 9.47 Å². The molecule has 1 atom stereocenters. The number of hydrogen-bond acceptors (Lipinski definition) is 2. The second-order valence-corrected chi connectivity index (χ2v) is 8.54. The quantitative estimate of drug-likeness (QED) is 0.150. The van der Waals surface area contributed by atoms with Gasteiger partial charge < -0.3 is 9.47 Å². The van der Waals surface area contributed by atoms with Gasteiger partial charge in [0, 0.05) is 6.61 Å². The number of rotatable bonds is 21. The molecule has 0 saturated heterocycles. The molecule has 168 valence electrons. The van der Waals surface area contributed by atoms with E-state index in [1.807, 2.05) is 25.1 Å². The topological polar surface area (TPSA) is 18.5 Å². The Balaban J connectivity index is 1.73. The number of ether oxygens (including phenoxy) is 2. The maximum absolute atomic E-state index is 5.76. The highest BCUT2D eigenvalue weighted by atomic mass is 16.7. The molecular weight excluding hydrogens is 356 g/mol. The zero-order valence-corrected chi connectivity index (χ0v) is 19.5. The van der Waals surface area contributed by atoms with Gasteiger partial charge in [-0.3, -0.25) is 0 Å². The third-order valence-electron chi connectivity index (χ3n) is 5.68. The molecule has 0 radical (unpaired) electrons. The van der Waals surface area contributed by atoms with Crippen molar-refractivity contribution < 1.29 is 9.47 Å². The van der Waals surface area contributed by atoms with E-state index in [1.54, 1.807) is 0 Å². The SMILES string of the molecule is CCCCCCCCCCCCCCCCCCOC(C)OCc1ccccc1. The first-order valence-electron chi connectivity index (χ1n) is 12.6. The highest BCUT2D eigenvalue weighted by molar-refractivity contribution is 5.13. The average Bonchev–Trinajstić information content (AvgIpc) is 2.75. The standard InChI is InChI=1S/C27H48O2/c1-3-4-5-6-7-8-9-10-11-12-13-14-15-16-17-21-24-28-26(2)29-25-27-22-19-18-20-23-27/h18-20,22-23,26H,3-17,21,24-25H2,1-2H3. The molecule has 0 aliphatic heterocycles. The van der Waals surface area contributed by atoms with Gasteiger partial charge in [-0.2, -0.15) is 0 Å². The molecule has 2 heteroatoms. The first kappa shape index (κ1) is 26.2. The van der Waals surface area contributed by atoms with Crippen molar-refractivity contribution in [3.8, 4) is 0 Å². The minimum Gasteiger partial charge on any atom is -0.353 e. The first-order valence-corrected chi connectivity index (χ1v) is 12.6. The molecule has 0 amide bonds. The Hall–Kier alpha value is -0.860. The van der Waals surface area contributed by atoms with Crippen LogP contribution < -0.4 is 0 Å². The van der Waals surface area contributed by atoms with Gasteiger partial charge in [0.1, 0.15) is 0 Å². The van der Waals surface area contributed by atoms with Crippen LogP contribution in [0.5, 0.6) is 0 Å². The van der Waals surface area contributed by atoms with E-state index in [-0.39, 0.29) is 6.29 Å². The second kappa shape index (κ2) is 20.4. The predicted molar refractivity (Wildman–Crippen MR) is 126 cm³/mol. The van der Waals surface area contributed by atoms with Crippen molar-refractivity contribution in [1.29, 1.82) is 0 Å². The van der Waals surface area contributed by atoms with Crippen LogP contribution in [0.4, 0.5) is 0 Å². The molecule has 0 aromatic heterocycles. The molecule has 0 saturated carbocycles. The molecule has 0 aliphatic carbocycles. The van der Waals surface area contributed by atoms with Gasteiger partial charge in [0.2, 0.25) is 0 Å². The average molecular weight is 405 g/mol.